The summed E-state index contributed by atoms with van der Waals surface area (Å²) in [6, 6.07) is 0. The Bertz CT molecular complexity index is 44.1. The molecule has 0 heterocycles. The number of nitrogens with zero attached hydrogens (tertiary/aromatic N) is 1. The van der Waals surface area contributed by atoms with Gasteiger partial charge in [-0.25, -0.2) is 4.94 Å². The maximum atomic E-state index is 8.83. The molecule has 0 aliphatic carbocycles. The topological polar surface area (TPSA) is 78.4 Å². The van der Waals surface area contributed by atoms with E-state index in [0.717, 1.165) is 0 Å². The van der Waals surface area contributed by atoms with E-state index in [9.17, 15) is 0 Å². The minimum Gasteiger partial charge on any atom is -0.223 e. The second-order valence-corrected chi connectivity index (χ2v) is 0.329. The average molecular weight is 104 g/mol. The zero-order valence-electron chi connectivity index (χ0n) is 2.25. The molecule has 2 N–H and O–H groups in total. The van der Waals surface area contributed by atoms with Crippen molar-refractivity contribution in [2.45, 2.75) is 0 Å². The lowest BCUT2D eigenvalue weighted by Crippen LogP contribution is -2.05. The minimum absolute atomic E-state index is 0. The Morgan fingerprint density at radius 2 is 2.00 bits per heavy atom. The summed E-state index contributed by atoms with van der Waals surface area (Å²) < 4.78 is 0. The molecular weight excluding hydrogens is 100 g/mol. The third kappa shape index (κ3) is 9.06. The third-order valence-corrected chi connectivity index (χ3v) is 0.0861. The number of hydrogen-bond acceptors (Lipinski definition) is 4. The summed E-state index contributed by atoms with van der Waals surface area (Å²) in [6.45, 7) is 0. The first-order valence-electron chi connectivity index (χ1n) is 0.783. The van der Waals surface area contributed by atoms with Crippen molar-refractivity contribution in [2.75, 3.05) is 0 Å². The highest BCUT2D eigenvalue weighted by atomic mass is 24.3. The SMILES string of the molecule is NO[N+](=O)[O-].[MgH2]. The predicted octanol–water partition coefficient (Wildman–Crippen LogP) is -1.85. The maximum Gasteiger partial charge on any atom is 0.316 e. The van der Waals surface area contributed by atoms with E-state index in [1.807, 2.05) is 0 Å². The number of rotatable bonds is 1. The summed E-state index contributed by atoms with van der Waals surface area (Å²) in [7, 11) is 0. The highest BCUT2D eigenvalue weighted by molar-refractivity contribution is 5.75. The number of nitrogens with two attached hydrogens (primary N) is 1. The molecule has 0 bridgehead atoms. The lowest BCUT2D eigenvalue weighted by Gasteiger charge is -1.74. The molecule has 6 heavy (non-hydrogen) atoms. The third-order valence-electron chi connectivity index (χ3n) is 0.0861. The first-order valence-corrected chi connectivity index (χ1v) is 0.783. The van der Waals surface area contributed by atoms with Gasteiger partial charge in [-0.3, -0.25) is 0 Å². The van der Waals surface area contributed by atoms with Crippen molar-refractivity contribution < 1.29 is 10.0 Å². The van der Waals surface area contributed by atoms with Gasteiger partial charge in [0.15, 0.2) is 0 Å². The van der Waals surface area contributed by atoms with Gasteiger partial charge >= 0.3 is 28.1 Å². The molecule has 5 nitrogen and oxygen atoms in total. The Hall–Kier alpha value is -0.0738. The average Bonchev–Trinajstić information content (AvgIpc) is 1.38. The highest BCUT2D eigenvalue weighted by Crippen LogP contribution is 1.52. The smallest absolute Gasteiger partial charge is 0.223 e. The molecule has 0 unspecified atom stereocenters. The van der Waals surface area contributed by atoms with Crippen LogP contribution in [0.2, 0.25) is 0 Å². The van der Waals surface area contributed by atoms with Gasteiger partial charge in [-0.05, 0) is 0 Å². The van der Waals surface area contributed by atoms with E-state index >= 15 is 0 Å². The Kier molecular flexibility index (Phi) is 7.66. The first kappa shape index (κ1) is 9.33. The van der Waals surface area contributed by atoms with Crippen molar-refractivity contribution in [3.05, 3.63) is 10.1 Å². The van der Waals surface area contributed by atoms with Crippen molar-refractivity contribution in [3.8, 4) is 0 Å². The van der Waals surface area contributed by atoms with Crippen LogP contribution in [0.3, 0.4) is 0 Å². The number of hydrogen-bond donors (Lipinski definition) is 1. The standard InChI is InChI=1S/Mg.H2N2O3.2H/c;1-5-2(3)4;;/h;1H2;;. The van der Waals surface area contributed by atoms with Crippen molar-refractivity contribution in [1.82, 2.24) is 0 Å². The molecule has 0 rings (SSSR count). The fourth-order valence-electron chi connectivity index (χ4n) is 0. The lowest BCUT2D eigenvalue weighted by molar-refractivity contribution is -0.762. The molecule has 0 aromatic heterocycles. The van der Waals surface area contributed by atoms with Crippen LogP contribution in [0, 0.1) is 10.1 Å². The fourth-order valence-corrected chi connectivity index (χ4v) is 0. The van der Waals surface area contributed by atoms with Crippen LogP contribution in [0.4, 0.5) is 0 Å². The Morgan fingerprint density at radius 1 is 1.83 bits per heavy atom. The quantitative estimate of drug-likeness (QED) is 0.241. The Morgan fingerprint density at radius 3 is 2.00 bits per heavy atom. The molecule has 0 saturated heterocycles. The normalized spacial score (nSPS) is 5.50. The fraction of sp³-hybridized carbons (Fsp3) is 0. The van der Waals surface area contributed by atoms with Crippen molar-refractivity contribution >= 4 is 23.1 Å². The van der Waals surface area contributed by atoms with E-state index in [1.165, 1.54) is 0 Å². The molecule has 0 fully saturated rings. The van der Waals surface area contributed by atoms with Crippen LogP contribution in [-0.4, -0.2) is 28.1 Å². The van der Waals surface area contributed by atoms with E-state index in [2.05, 4.69) is 10.8 Å². The van der Waals surface area contributed by atoms with E-state index in [0.29, 0.717) is 0 Å². The Labute approximate surface area is 49.7 Å². The van der Waals surface area contributed by atoms with Crippen LogP contribution in [0.15, 0.2) is 0 Å². The molecule has 0 aliphatic heterocycles. The van der Waals surface area contributed by atoms with Crippen LogP contribution < -0.4 is 5.90 Å². The molecule has 0 spiro atoms. The van der Waals surface area contributed by atoms with Gasteiger partial charge in [0.2, 0.25) is 0 Å². The predicted molar refractivity (Wildman–Crippen MR) is 20.8 cm³/mol. The molecule has 0 amide bonds. The first-order chi connectivity index (χ1) is 2.27. The van der Waals surface area contributed by atoms with E-state index in [4.69, 9.17) is 10.1 Å². The second kappa shape index (κ2) is 4.93. The van der Waals surface area contributed by atoms with Crippen molar-refractivity contribution in [1.29, 1.82) is 0 Å². The molecule has 6 heteroatoms. The summed E-state index contributed by atoms with van der Waals surface area (Å²) in [5, 5.41) is 7.73. The minimum atomic E-state index is -1.10. The van der Waals surface area contributed by atoms with Gasteiger partial charge in [-0.1, -0.05) is 0 Å². The van der Waals surface area contributed by atoms with E-state index in [1.54, 1.807) is 0 Å². The molecule has 0 aromatic carbocycles. The van der Waals surface area contributed by atoms with Crippen LogP contribution in [-0.2, 0) is 4.94 Å². The van der Waals surface area contributed by atoms with Crippen LogP contribution in [0.25, 0.3) is 0 Å². The van der Waals surface area contributed by atoms with Gasteiger partial charge < -0.3 is 0 Å². The summed E-state index contributed by atoms with van der Waals surface area (Å²) in [4.78, 5) is 11.8. The monoisotopic (exact) mass is 104 g/mol. The zero-order valence-corrected chi connectivity index (χ0v) is 2.25. The zero-order chi connectivity index (χ0) is 4.28. The van der Waals surface area contributed by atoms with E-state index < -0.39 is 5.09 Å². The van der Waals surface area contributed by atoms with Crippen LogP contribution in [0.5, 0.6) is 0 Å². The van der Waals surface area contributed by atoms with Crippen molar-refractivity contribution in [3.63, 3.8) is 0 Å². The molecule has 0 atom stereocenters. The summed E-state index contributed by atoms with van der Waals surface area (Å²) >= 11 is 0. The maximum absolute atomic E-state index is 8.83. The largest absolute Gasteiger partial charge is 0.316 e. The molecule has 0 radical (unpaired) electrons. The molecule has 0 aliphatic rings. The Balaban J connectivity index is 0. The van der Waals surface area contributed by atoms with Crippen LogP contribution >= 0.6 is 0 Å². The van der Waals surface area contributed by atoms with Crippen LogP contribution in [0.1, 0.15) is 0 Å². The summed E-state index contributed by atoms with van der Waals surface area (Å²) in [5.74, 6) is 3.97. The van der Waals surface area contributed by atoms with Gasteiger partial charge in [-0.2, -0.15) is 5.90 Å². The van der Waals surface area contributed by atoms with E-state index in [-0.39, 0.29) is 23.1 Å². The summed E-state index contributed by atoms with van der Waals surface area (Å²) in [6.07, 6.45) is 0. The molecular formula is H4MgN2O3. The van der Waals surface area contributed by atoms with Gasteiger partial charge in [0, 0.05) is 0 Å². The van der Waals surface area contributed by atoms with Gasteiger partial charge in [0.25, 0.3) is 0 Å². The van der Waals surface area contributed by atoms with Gasteiger partial charge in [0.1, 0.15) is 0 Å². The second-order valence-electron chi connectivity index (χ2n) is 0.329. The molecule has 34 valence electrons. The lowest BCUT2D eigenvalue weighted by atomic mass is 13.0. The van der Waals surface area contributed by atoms with Gasteiger partial charge in [-0.15, -0.1) is 10.1 Å². The molecule has 0 saturated carbocycles. The molecule has 0 aromatic rings. The highest BCUT2D eigenvalue weighted by Gasteiger charge is 1.78. The van der Waals surface area contributed by atoms with Crippen molar-refractivity contribution in [2.24, 2.45) is 5.90 Å². The summed E-state index contributed by atoms with van der Waals surface area (Å²) in [5.41, 5.74) is 0. The van der Waals surface area contributed by atoms with Gasteiger partial charge in [0.05, 0.1) is 0 Å².